The zero-order valence-electron chi connectivity index (χ0n) is 16.7. The maximum Gasteiger partial charge on any atom is 0.264 e. The highest BCUT2D eigenvalue weighted by Gasteiger charge is 2.07. The Labute approximate surface area is 186 Å². The average Bonchev–Trinajstić information content (AvgIpc) is 2.79. The Morgan fingerprint density at radius 3 is 2.16 bits per heavy atom. The molecule has 0 radical (unpaired) electrons. The van der Waals surface area contributed by atoms with Crippen molar-refractivity contribution >= 4 is 51.1 Å². The van der Waals surface area contributed by atoms with Gasteiger partial charge in [0.25, 0.3) is 5.91 Å². The van der Waals surface area contributed by atoms with Crippen molar-refractivity contribution in [3.8, 4) is 5.75 Å². The maximum absolute atomic E-state index is 12.2. The second kappa shape index (κ2) is 9.73. The Morgan fingerprint density at radius 2 is 1.39 bits per heavy atom. The molecule has 31 heavy (non-hydrogen) atoms. The van der Waals surface area contributed by atoms with E-state index >= 15 is 0 Å². The molecule has 0 fully saturated rings. The lowest BCUT2D eigenvalue weighted by molar-refractivity contribution is -0.121. The average molecular weight is 428 g/mol. The molecule has 0 saturated carbocycles. The lowest BCUT2D eigenvalue weighted by Crippen LogP contribution is -2.37. The zero-order chi connectivity index (χ0) is 21.5. The molecule has 0 aliphatic rings. The molecule has 4 aromatic carbocycles. The van der Waals surface area contributed by atoms with Gasteiger partial charge in [0.15, 0.2) is 11.7 Å². The van der Waals surface area contributed by atoms with E-state index in [1.54, 1.807) is 0 Å². The predicted octanol–water partition coefficient (Wildman–Crippen LogP) is 5.48. The van der Waals surface area contributed by atoms with Crippen LogP contribution in [0.4, 0.5) is 17.1 Å². The Kier molecular flexibility index (Phi) is 6.40. The Morgan fingerprint density at radius 1 is 0.742 bits per heavy atom. The number of amides is 1. The van der Waals surface area contributed by atoms with E-state index in [0.717, 1.165) is 27.8 Å². The summed E-state index contributed by atoms with van der Waals surface area (Å²) >= 11 is 5.23. The topological polar surface area (TPSA) is 62.4 Å². The quantitative estimate of drug-likeness (QED) is 0.356. The summed E-state index contributed by atoms with van der Waals surface area (Å²) in [5.74, 6) is 0.308. The van der Waals surface area contributed by atoms with Crippen LogP contribution in [0.3, 0.4) is 0 Å². The number of para-hydroxylation sites is 1. The SMILES string of the molecule is O=C(COc1ccc2ccccc2c1)NC(=S)Nc1ccc(Nc2ccccc2)cc1. The lowest BCUT2D eigenvalue weighted by Gasteiger charge is -2.12. The molecule has 0 spiro atoms. The van der Waals surface area contributed by atoms with Gasteiger partial charge in [0.05, 0.1) is 0 Å². The number of rotatable bonds is 6. The minimum Gasteiger partial charge on any atom is -0.484 e. The van der Waals surface area contributed by atoms with Gasteiger partial charge in [-0.3, -0.25) is 10.1 Å². The molecule has 154 valence electrons. The van der Waals surface area contributed by atoms with Crippen LogP contribution < -0.4 is 20.7 Å². The van der Waals surface area contributed by atoms with E-state index in [1.165, 1.54) is 0 Å². The summed E-state index contributed by atoms with van der Waals surface area (Å²) in [6, 6.07) is 31.2. The minimum atomic E-state index is -0.326. The van der Waals surface area contributed by atoms with E-state index < -0.39 is 0 Å². The van der Waals surface area contributed by atoms with E-state index in [1.807, 2.05) is 97.1 Å². The molecule has 5 nitrogen and oxygen atoms in total. The van der Waals surface area contributed by atoms with Crippen LogP contribution in [0.1, 0.15) is 0 Å². The summed E-state index contributed by atoms with van der Waals surface area (Å²) < 4.78 is 5.59. The van der Waals surface area contributed by atoms with E-state index in [0.29, 0.717) is 5.75 Å². The first-order valence-electron chi connectivity index (χ1n) is 9.80. The van der Waals surface area contributed by atoms with Crippen molar-refractivity contribution in [3.63, 3.8) is 0 Å². The molecule has 4 aromatic rings. The number of thiocarbonyl (C=S) groups is 1. The minimum absolute atomic E-state index is 0.125. The number of carbonyl (C=O) groups is 1. The van der Waals surface area contributed by atoms with E-state index in [4.69, 9.17) is 17.0 Å². The van der Waals surface area contributed by atoms with Crippen molar-refractivity contribution in [2.45, 2.75) is 0 Å². The van der Waals surface area contributed by atoms with Crippen LogP contribution in [0.25, 0.3) is 10.8 Å². The summed E-state index contributed by atoms with van der Waals surface area (Å²) in [4.78, 5) is 12.2. The molecule has 0 aromatic heterocycles. The van der Waals surface area contributed by atoms with E-state index in [2.05, 4.69) is 16.0 Å². The van der Waals surface area contributed by atoms with Crippen LogP contribution in [0, 0.1) is 0 Å². The molecular formula is C25H21N3O2S. The van der Waals surface area contributed by atoms with E-state index in [9.17, 15) is 4.79 Å². The zero-order valence-corrected chi connectivity index (χ0v) is 17.5. The number of hydrogen-bond donors (Lipinski definition) is 3. The number of carbonyl (C=O) groups excluding carboxylic acids is 1. The normalized spacial score (nSPS) is 10.3. The second-order valence-electron chi connectivity index (χ2n) is 6.87. The molecule has 0 heterocycles. The van der Waals surface area contributed by atoms with Gasteiger partial charge in [-0.1, -0.05) is 48.5 Å². The third kappa shape index (κ3) is 5.81. The van der Waals surface area contributed by atoms with Gasteiger partial charge in [0.2, 0.25) is 0 Å². The summed E-state index contributed by atoms with van der Waals surface area (Å²) in [6.07, 6.45) is 0. The van der Waals surface area contributed by atoms with Crippen LogP contribution in [-0.2, 0) is 4.79 Å². The van der Waals surface area contributed by atoms with Crippen LogP contribution >= 0.6 is 12.2 Å². The van der Waals surface area contributed by atoms with Crippen LogP contribution in [0.15, 0.2) is 97.1 Å². The number of hydrogen-bond acceptors (Lipinski definition) is 4. The molecule has 0 bridgehead atoms. The van der Waals surface area contributed by atoms with Crippen LogP contribution in [0.5, 0.6) is 5.75 Å². The molecule has 4 rings (SSSR count). The molecule has 1 amide bonds. The fraction of sp³-hybridized carbons (Fsp3) is 0.0400. The highest BCUT2D eigenvalue weighted by molar-refractivity contribution is 7.80. The van der Waals surface area contributed by atoms with Crippen molar-refractivity contribution in [2.75, 3.05) is 17.2 Å². The van der Waals surface area contributed by atoms with Crippen molar-refractivity contribution in [1.82, 2.24) is 5.32 Å². The molecule has 0 saturated heterocycles. The van der Waals surface area contributed by atoms with Gasteiger partial charge in [-0.2, -0.15) is 0 Å². The van der Waals surface area contributed by atoms with E-state index in [-0.39, 0.29) is 17.6 Å². The highest BCUT2D eigenvalue weighted by Crippen LogP contribution is 2.21. The third-order valence-electron chi connectivity index (χ3n) is 4.55. The summed E-state index contributed by atoms with van der Waals surface area (Å²) in [6.45, 7) is -0.125. The summed E-state index contributed by atoms with van der Waals surface area (Å²) in [5.41, 5.74) is 2.74. The largest absolute Gasteiger partial charge is 0.484 e. The molecule has 0 atom stereocenters. The van der Waals surface area contributed by atoms with Gasteiger partial charge >= 0.3 is 0 Å². The van der Waals surface area contributed by atoms with Gasteiger partial charge in [-0.15, -0.1) is 0 Å². The smallest absolute Gasteiger partial charge is 0.264 e. The summed E-state index contributed by atoms with van der Waals surface area (Å²) in [7, 11) is 0. The molecule has 0 aliphatic heterocycles. The van der Waals surface area contributed by atoms with Crippen molar-refractivity contribution < 1.29 is 9.53 Å². The number of nitrogens with one attached hydrogen (secondary N) is 3. The van der Waals surface area contributed by atoms with Crippen LogP contribution in [-0.4, -0.2) is 17.6 Å². The van der Waals surface area contributed by atoms with Gasteiger partial charge < -0.3 is 15.4 Å². The first kappa shape index (κ1) is 20.4. The van der Waals surface area contributed by atoms with Crippen molar-refractivity contribution in [2.24, 2.45) is 0 Å². The van der Waals surface area contributed by atoms with Crippen molar-refractivity contribution in [3.05, 3.63) is 97.1 Å². The third-order valence-corrected chi connectivity index (χ3v) is 4.75. The highest BCUT2D eigenvalue weighted by atomic mass is 32.1. The lowest BCUT2D eigenvalue weighted by atomic mass is 10.1. The fourth-order valence-electron chi connectivity index (χ4n) is 3.06. The van der Waals surface area contributed by atoms with Gasteiger partial charge in [0, 0.05) is 17.1 Å². The second-order valence-corrected chi connectivity index (χ2v) is 7.28. The fourth-order valence-corrected chi connectivity index (χ4v) is 3.29. The molecule has 0 aliphatic carbocycles. The number of fused-ring (bicyclic) bond motifs is 1. The predicted molar refractivity (Wildman–Crippen MR) is 130 cm³/mol. The van der Waals surface area contributed by atoms with Crippen LogP contribution in [0.2, 0.25) is 0 Å². The molecule has 6 heteroatoms. The number of ether oxygens (including phenoxy) is 1. The molecule has 3 N–H and O–H groups in total. The standard InChI is InChI=1S/C25H21N3O2S/c29-24(17-30-23-15-10-18-6-4-5-7-19(18)16-23)28-25(31)27-22-13-11-21(12-14-22)26-20-8-2-1-3-9-20/h1-16,26H,17H2,(H2,27,28,29,31). The van der Waals surface area contributed by atoms with Gasteiger partial charge in [0.1, 0.15) is 5.75 Å². The maximum atomic E-state index is 12.2. The molecule has 0 unspecified atom stereocenters. The van der Waals surface area contributed by atoms with Crippen molar-refractivity contribution in [1.29, 1.82) is 0 Å². The monoisotopic (exact) mass is 427 g/mol. The first-order valence-corrected chi connectivity index (χ1v) is 10.2. The van der Waals surface area contributed by atoms with Gasteiger partial charge in [-0.25, -0.2) is 0 Å². The Bertz CT molecular complexity index is 1190. The molecular weight excluding hydrogens is 406 g/mol. The number of anilines is 3. The summed E-state index contributed by atoms with van der Waals surface area (Å²) in [5, 5.41) is 11.3. The Hall–Kier alpha value is -3.90. The Balaban J connectivity index is 1.25. The number of benzene rings is 4. The van der Waals surface area contributed by atoms with Gasteiger partial charge in [-0.05, 0) is 71.5 Å². The first-order chi connectivity index (χ1) is 15.2.